The van der Waals surface area contributed by atoms with Gasteiger partial charge in [-0.3, -0.25) is 4.79 Å². The van der Waals surface area contributed by atoms with E-state index in [9.17, 15) is 13.2 Å². The van der Waals surface area contributed by atoms with E-state index in [2.05, 4.69) is 5.32 Å². The van der Waals surface area contributed by atoms with E-state index in [1.807, 2.05) is 0 Å². The molecule has 0 aromatic heterocycles. The standard InChI is InChI=1S/C17H18Cl2N2O5S/c1-21(2)27(23,24)12-5-7-15(13(19)9-12)26-10-17(22)20-14-8-11(18)4-6-16(14)25-3/h4-9H,10H2,1-3H3,(H,20,22). The van der Waals surface area contributed by atoms with E-state index < -0.39 is 15.9 Å². The number of sulfonamides is 1. The van der Waals surface area contributed by atoms with Gasteiger partial charge in [-0.05, 0) is 36.4 Å². The Balaban J connectivity index is 2.07. The Kier molecular flexibility index (Phi) is 6.94. The van der Waals surface area contributed by atoms with Crippen LogP contribution in [0.1, 0.15) is 0 Å². The maximum atomic E-state index is 12.1. The number of rotatable bonds is 7. The third-order valence-corrected chi connectivity index (χ3v) is 5.82. The minimum atomic E-state index is -3.61. The van der Waals surface area contributed by atoms with Gasteiger partial charge >= 0.3 is 0 Å². The second kappa shape index (κ2) is 8.79. The van der Waals surface area contributed by atoms with E-state index >= 15 is 0 Å². The van der Waals surface area contributed by atoms with Gasteiger partial charge in [-0.2, -0.15) is 0 Å². The maximum absolute atomic E-state index is 12.1. The summed E-state index contributed by atoms with van der Waals surface area (Å²) in [5.74, 6) is 0.170. The van der Waals surface area contributed by atoms with Gasteiger partial charge in [0.15, 0.2) is 6.61 Å². The Bertz CT molecular complexity index is 948. The number of nitrogens with zero attached hydrogens (tertiary/aromatic N) is 1. The van der Waals surface area contributed by atoms with Crippen molar-refractivity contribution >= 4 is 44.8 Å². The van der Waals surface area contributed by atoms with Crippen LogP contribution in [0.25, 0.3) is 0 Å². The van der Waals surface area contributed by atoms with E-state index in [1.165, 1.54) is 39.4 Å². The Morgan fingerprint density at radius 3 is 2.37 bits per heavy atom. The molecule has 0 aliphatic rings. The van der Waals surface area contributed by atoms with Crippen LogP contribution in [0.5, 0.6) is 11.5 Å². The number of hydrogen-bond donors (Lipinski definition) is 1. The molecule has 1 amide bonds. The molecule has 1 N–H and O–H groups in total. The van der Waals surface area contributed by atoms with Crippen molar-refractivity contribution in [2.75, 3.05) is 33.1 Å². The van der Waals surface area contributed by atoms with Gasteiger partial charge in [0.25, 0.3) is 5.91 Å². The van der Waals surface area contributed by atoms with Gasteiger partial charge in [-0.1, -0.05) is 23.2 Å². The molecule has 0 saturated heterocycles. The molecule has 2 aromatic rings. The van der Waals surface area contributed by atoms with Crippen molar-refractivity contribution in [3.05, 3.63) is 46.4 Å². The molecule has 0 aliphatic carbocycles. The molecular formula is C17H18Cl2N2O5S. The van der Waals surface area contributed by atoms with Crippen molar-refractivity contribution in [3.8, 4) is 11.5 Å². The minimum Gasteiger partial charge on any atom is -0.495 e. The smallest absolute Gasteiger partial charge is 0.262 e. The summed E-state index contributed by atoms with van der Waals surface area (Å²) in [6, 6.07) is 8.83. The number of amides is 1. The number of hydrogen-bond acceptors (Lipinski definition) is 5. The first-order chi connectivity index (χ1) is 12.6. The van der Waals surface area contributed by atoms with Crippen molar-refractivity contribution in [1.29, 1.82) is 0 Å². The molecule has 0 bridgehead atoms. The normalized spacial score (nSPS) is 11.3. The van der Waals surface area contributed by atoms with Crippen LogP contribution >= 0.6 is 23.2 Å². The summed E-state index contributed by atoms with van der Waals surface area (Å²) in [7, 11) is 0.696. The van der Waals surface area contributed by atoms with E-state index in [-0.39, 0.29) is 22.3 Å². The number of carbonyl (C=O) groups excluding carboxylic acids is 1. The monoisotopic (exact) mass is 432 g/mol. The summed E-state index contributed by atoms with van der Waals surface area (Å²) >= 11 is 12.0. The Morgan fingerprint density at radius 1 is 1.11 bits per heavy atom. The first kappa shape index (κ1) is 21.3. The van der Waals surface area contributed by atoms with Crippen LogP contribution in [0.4, 0.5) is 5.69 Å². The first-order valence-electron chi connectivity index (χ1n) is 7.63. The van der Waals surface area contributed by atoms with Gasteiger partial charge in [0.1, 0.15) is 11.5 Å². The van der Waals surface area contributed by atoms with E-state index in [1.54, 1.807) is 18.2 Å². The van der Waals surface area contributed by atoms with E-state index in [0.717, 1.165) is 4.31 Å². The molecule has 0 radical (unpaired) electrons. The van der Waals surface area contributed by atoms with Crippen molar-refractivity contribution < 1.29 is 22.7 Å². The zero-order valence-corrected chi connectivity index (χ0v) is 17.2. The fourth-order valence-electron chi connectivity index (χ4n) is 2.08. The predicted octanol–water partition coefficient (Wildman–Crippen LogP) is 3.27. The highest BCUT2D eigenvalue weighted by Gasteiger charge is 2.19. The molecular weight excluding hydrogens is 415 g/mol. The van der Waals surface area contributed by atoms with E-state index in [0.29, 0.717) is 16.5 Å². The quantitative estimate of drug-likeness (QED) is 0.725. The molecule has 7 nitrogen and oxygen atoms in total. The summed E-state index contributed by atoms with van der Waals surface area (Å²) in [4.78, 5) is 12.1. The van der Waals surface area contributed by atoms with Gasteiger partial charge in [0.05, 0.1) is 22.7 Å². The fourth-order valence-corrected chi connectivity index (χ4v) is 3.48. The molecule has 146 valence electrons. The molecule has 0 unspecified atom stereocenters. The van der Waals surface area contributed by atoms with Crippen molar-refractivity contribution in [3.63, 3.8) is 0 Å². The third kappa shape index (κ3) is 5.26. The van der Waals surface area contributed by atoms with E-state index in [4.69, 9.17) is 32.7 Å². The maximum Gasteiger partial charge on any atom is 0.262 e. The molecule has 0 fully saturated rings. The molecule has 2 aromatic carbocycles. The van der Waals surface area contributed by atoms with Crippen LogP contribution in [0.15, 0.2) is 41.3 Å². The van der Waals surface area contributed by atoms with Gasteiger partial charge in [0, 0.05) is 19.1 Å². The Labute approximate surface area is 167 Å². The van der Waals surface area contributed by atoms with Crippen LogP contribution in [0.3, 0.4) is 0 Å². The van der Waals surface area contributed by atoms with Gasteiger partial charge in [-0.15, -0.1) is 0 Å². The van der Waals surface area contributed by atoms with Crippen molar-refractivity contribution in [1.82, 2.24) is 4.31 Å². The number of benzene rings is 2. The van der Waals surface area contributed by atoms with Crippen molar-refractivity contribution in [2.45, 2.75) is 4.90 Å². The number of nitrogens with one attached hydrogen (secondary N) is 1. The summed E-state index contributed by atoms with van der Waals surface area (Å²) in [6.45, 7) is -0.338. The topological polar surface area (TPSA) is 84.9 Å². The van der Waals surface area contributed by atoms with Gasteiger partial charge in [0.2, 0.25) is 10.0 Å². The Morgan fingerprint density at radius 2 is 1.78 bits per heavy atom. The summed E-state index contributed by atoms with van der Waals surface area (Å²) in [6.07, 6.45) is 0. The second-order valence-electron chi connectivity index (χ2n) is 5.56. The van der Waals surface area contributed by atoms with Gasteiger partial charge in [-0.25, -0.2) is 12.7 Å². The van der Waals surface area contributed by atoms with Crippen molar-refractivity contribution in [2.24, 2.45) is 0 Å². The third-order valence-electron chi connectivity index (χ3n) is 3.48. The number of methoxy groups -OCH3 is 1. The van der Waals surface area contributed by atoms with Crippen LogP contribution in [0.2, 0.25) is 10.0 Å². The zero-order chi connectivity index (χ0) is 20.2. The molecule has 27 heavy (non-hydrogen) atoms. The lowest BCUT2D eigenvalue weighted by Crippen LogP contribution is -2.22. The highest BCUT2D eigenvalue weighted by molar-refractivity contribution is 7.89. The van der Waals surface area contributed by atoms with Crippen LogP contribution < -0.4 is 14.8 Å². The lowest BCUT2D eigenvalue weighted by Gasteiger charge is -2.14. The molecule has 10 heteroatoms. The summed E-state index contributed by atoms with van der Waals surface area (Å²) in [5.41, 5.74) is 0.400. The average Bonchev–Trinajstić information content (AvgIpc) is 2.60. The van der Waals surface area contributed by atoms with Crippen LogP contribution in [0, 0.1) is 0 Å². The molecule has 0 spiro atoms. The number of halogens is 2. The number of carbonyl (C=O) groups is 1. The van der Waals surface area contributed by atoms with Crippen LogP contribution in [-0.4, -0.2) is 46.4 Å². The SMILES string of the molecule is COc1ccc(Cl)cc1NC(=O)COc1ccc(S(=O)(=O)N(C)C)cc1Cl. The highest BCUT2D eigenvalue weighted by atomic mass is 35.5. The highest BCUT2D eigenvalue weighted by Crippen LogP contribution is 2.29. The number of anilines is 1. The fraction of sp³-hybridized carbons (Fsp3) is 0.235. The average molecular weight is 433 g/mol. The summed E-state index contributed by atoms with van der Waals surface area (Å²) < 4.78 is 35.8. The van der Waals surface area contributed by atoms with Gasteiger partial charge < -0.3 is 14.8 Å². The summed E-state index contributed by atoms with van der Waals surface area (Å²) in [5, 5.41) is 3.14. The Hall–Kier alpha value is -2.00. The molecule has 0 saturated carbocycles. The lowest BCUT2D eigenvalue weighted by atomic mass is 10.3. The molecule has 0 atom stereocenters. The molecule has 0 heterocycles. The minimum absolute atomic E-state index is 0.0259. The first-order valence-corrected chi connectivity index (χ1v) is 9.83. The predicted molar refractivity (Wildman–Crippen MR) is 104 cm³/mol. The van der Waals surface area contributed by atoms with Crippen LogP contribution in [-0.2, 0) is 14.8 Å². The zero-order valence-electron chi connectivity index (χ0n) is 14.8. The number of ether oxygens (including phenoxy) is 2. The lowest BCUT2D eigenvalue weighted by molar-refractivity contribution is -0.118. The molecule has 2 rings (SSSR count). The second-order valence-corrected chi connectivity index (χ2v) is 8.56. The molecule has 0 aliphatic heterocycles. The largest absolute Gasteiger partial charge is 0.495 e.